The van der Waals surface area contributed by atoms with Crippen molar-refractivity contribution in [3.8, 4) is 0 Å². The molecule has 22 heavy (non-hydrogen) atoms. The van der Waals surface area contributed by atoms with Gasteiger partial charge < -0.3 is 10.2 Å². The van der Waals surface area contributed by atoms with Crippen LogP contribution in [0, 0.1) is 17.8 Å². The highest BCUT2D eigenvalue weighted by Crippen LogP contribution is 2.49. The van der Waals surface area contributed by atoms with Gasteiger partial charge in [-0.3, -0.25) is 4.79 Å². The van der Waals surface area contributed by atoms with Crippen molar-refractivity contribution in [1.82, 2.24) is 5.32 Å². The summed E-state index contributed by atoms with van der Waals surface area (Å²) in [5, 5.41) is 3.10. The Balaban J connectivity index is 1.43. The maximum Gasteiger partial charge on any atom is 0.220 e. The third-order valence-electron chi connectivity index (χ3n) is 5.40. The van der Waals surface area contributed by atoms with Gasteiger partial charge in [0, 0.05) is 18.5 Å². The van der Waals surface area contributed by atoms with E-state index in [0.717, 1.165) is 24.8 Å². The van der Waals surface area contributed by atoms with Crippen molar-refractivity contribution in [1.29, 1.82) is 0 Å². The van der Waals surface area contributed by atoms with Crippen molar-refractivity contribution >= 4 is 5.91 Å². The highest BCUT2D eigenvalue weighted by molar-refractivity contribution is 5.76. The molecule has 0 radical (unpaired) electrons. The summed E-state index contributed by atoms with van der Waals surface area (Å²) in [6, 6.07) is 8.61. The predicted octanol–water partition coefficient (Wildman–Crippen LogP) is 1.77. The Bertz CT molecular complexity index is 509. The van der Waals surface area contributed by atoms with Crippen LogP contribution in [0.5, 0.6) is 0 Å². The first kappa shape index (κ1) is 15.5. The summed E-state index contributed by atoms with van der Waals surface area (Å²) in [7, 11) is 4.31. The van der Waals surface area contributed by atoms with E-state index in [2.05, 4.69) is 43.7 Å². The summed E-state index contributed by atoms with van der Waals surface area (Å²) in [4.78, 5) is 13.6. The molecule has 2 saturated carbocycles. The molecule has 2 fully saturated rings. The van der Waals surface area contributed by atoms with E-state index in [1.165, 1.54) is 41.7 Å². The van der Waals surface area contributed by atoms with Crippen LogP contribution in [0.2, 0.25) is 0 Å². The molecule has 3 atom stereocenters. The number of carbonyl (C=O) groups is 1. The zero-order valence-corrected chi connectivity index (χ0v) is 13.9. The number of quaternary nitrogens is 1. The number of hydrogen-bond donors (Lipinski definition) is 2. The van der Waals surface area contributed by atoms with Gasteiger partial charge in [-0.2, -0.15) is 0 Å². The molecule has 0 aliphatic heterocycles. The van der Waals surface area contributed by atoms with E-state index in [4.69, 9.17) is 0 Å². The molecule has 120 valence electrons. The molecule has 3 rings (SSSR count). The van der Waals surface area contributed by atoms with Gasteiger partial charge in [0.1, 0.15) is 6.54 Å². The summed E-state index contributed by atoms with van der Waals surface area (Å²) in [6.45, 7) is 1.70. The van der Waals surface area contributed by atoms with Crippen molar-refractivity contribution in [2.75, 3.05) is 14.1 Å². The number of hydrogen-bond acceptors (Lipinski definition) is 1. The molecule has 1 amide bonds. The van der Waals surface area contributed by atoms with Crippen LogP contribution in [0.1, 0.15) is 43.2 Å². The van der Waals surface area contributed by atoms with Crippen LogP contribution in [0.25, 0.3) is 0 Å². The van der Waals surface area contributed by atoms with E-state index < -0.39 is 0 Å². The lowest BCUT2D eigenvalue weighted by Crippen LogP contribution is -3.04. The van der Waals surface area contributed by atoms with Crippen LogP contribution in [0.4, 0.5) is 0 Å². The van der Waals surface area contributed by atoms with E-state index in [1.807, 2.05) is 0 Å². The first-order valence-corrected chi connectivity index (χ1v) is 8.73. The second-order valence-corrected chi connectivity index (χ2v) is 7.62. The summed E-state index contributed by atoms with van der Waals surface area (Å²) in [5.41, 5.74) is 2.54. The number of fused-ring (bicyclic) bond motifs is 2. The fourth-order valence-corrected chi connectivity index (χ4v) is 4.32. The van der Waals surface area contributed by atoms with Gasteiger partial charge in [-0.15, -0.1) is 0 Å². The average Bonchev–Trinajstić information content (AvgIpc) is 3.08. The Hall–Kier alpha value is -1.35. The molecule has 3 heteroatoms. The number of nitrogens with one attached hydrogen (secondary N) is 2. The second kappa shape index (κ2) is 6.82. The standard InChI is InChI=1S/C19H28N2O/c1-21(2)13-15-5-3-14(4-6-15)12-20-19(22)11-18-10-16-7-8-17(18)9-16/h3-6,16-18H,7-13H2,1-2H3,(H,20,22)/p+1/t16-,17-,18-/m1/s1. The van der Waals surface area contributed by atoms with Crippen molar-refractivity contribution in [2.24, 2.45) is 17.8 Å². The van der Waals surface area contributed by atoms with E-state index in [9.17, 15) is 4.79 Å². The molecular weight excluding hydrogens is 272 g/mol. The highest BCUT2D eigenvalue weighted by atomic mass is 16.1. The van der Waals surface area contributed by atoms with Gasteiger partial charge >= 0.3 is 0 Å². The molecule has 2 N–H and O–H groups in total. The van der Waals surface area contributed by atoms with Crippen LogP contribution in [0.3, 0.4) is 0 Å². The Morgan fingerprint density at radius 1 is 1.14 bits per heavy atom. The van der Waals surface area contributed by atoms with Crippen LogP contribution in [-0.4, -0.2) is 20.0 Å². The molecule has 0 unspecified atom stereocenters. The molecule has 2 aliphatic carbocycles. The lowest BCUT2D eigenvalue weighted by atomic mass is 9.86. The SMILES string of the molecule is C[NH+](C)Cc1ccc(CNC(=O)C[C@H]2C[C@@H]3CC[C@@H]2C3)cc1. The lowest BCUT2D eigenvalue weighted by Gasteiger charge is -2.20. The van der Waals surface area contributed by atoms with Gasteiger partial charge in [-0.1, -0.05) is 30.7 Å². The Labute approximate surface area is 134 Å². The van der Waals surface area contributed by atoms with Gasteiger partial charge in [0.15, 0.2) is 0 Å². The average molecular weight is 301 g/mol. The van der Waals surface area contributed by atoms with E-state index in [1.54, 1.807) is 0 Å². The fourth-order valence-electron chi connectivity index (χ4n) is 4.32. The van der Waals surface area contributed by atoms with Gasteiger partial charge in [0.2, 0.25) is 5.91 Å². The third-order valence-corrected chi connectivity index (χ3v) is 5.40. The maximum atomic E-state index is 12.1. The lowest BCUT2D eigenvalue weighted by molar-refractivity contribution is -0.872. The summed E-state index contributed by atoms with van der Waals surface area (Å²) in [5.74, 6) is 2.65. The number of benzene rings is 1. The zero-order chi connectivity index (χ0) is 15.5. The van der Waals surface area contributed by atoms with Gasteiger partial charge in [-0.25, -0.2) is 0 Å². The summed E-state index contributed by atoms with van der Waals surface area (Å²) < 4.78 is 0. The first-order chi connectivity index (χ1) is 10.6. The van der Waals surface area contributed by atoms with Crippen molar-refractivity contribution in [3.63, 3.8) is 0 Å². The molecule has 0 aromatic heterocycles. The quantitative estimate of drug-likeness (QED) is 0.825. The van der Waals surface area contributed by atoms with E-state index in [0.29, 0.717) is 12.5 Å². The number of amides is 1. The minimum Gasteiger partial charge on any atom is -0.352 e. The van der Waals surface area contributed by atoms with Crippen molar-refractivity contribution in [3.05, 3.63) is 35.4 Å². The molecule has 2 bridgehead atoms. The largest absolute Gasteiger partial charge is 0.352 e. The summed E-state index contributed by atoms with van der Waals surface area (Å²) in [6.07, 6.45) is 6.18. The third kappa shape index (κ3) is 3.89. The first-order valence-electron chi connectivity index (χ1n) is 8.73. The minimum atomic E-state index is 0.236. The number of rotatable bonds is 6. The van der Waals surface area contributed by atoms with Crippen LogP contribution in [0.15, 0.2) is 24.3 Å². The van der Waals surface area contributed by atoms with E-state index >= 15 is 0 Å². The Kier molecular flexibility index (Phi) is 4.82. The topological polar surface area (TPSA) is 33.5 Å². The van der Waals surface area contributed by atoms with Gasteiger partial charge in [0.05, 0.1) is 14.1 Å². The second-order valence-electron chi connectivity index (χ2n) is 7.62. The van der Waals surface area contributed by atoms with Crippen molar-refractivity contribution < 1.29 is 9.69 Å². The smallest absolute Gasteiger partial charge is 0.220 e. The van der Waals surface area contributed by atoms with Crippen LogP contribution in [-0.2, 0) is 17.9 Å². The molecular formula is C19H29N2O+. The Morgan fingerprint density at radius 3 is 2.45 bits per heavy atom. The molecule has 0 saturated heterocycles. The normalized spacial score (nSPS) is 26.6. The minimum absolute atomic E-state index is 0.236. The van der Waals surface area contributed by atoms with Crippen LogP contribution < -0.4 is 10.2 Å². The van der Waals surface area contributed by atoms with Crippen LogP contribution >= 0.6 is 0 Å². The monoisotopic (exact) mass is 301 g/mol. The molecule has 1 aromatic carbocycles. The zero-order valence-electron chi connectivity index (χ0n) is 13.9. The maximum absolute atomic E-state index is 12.1. The molecule has 0 heterocycles. The Morgan fingerprint density at radius 2 is 1.86 bits per heavy atom. The van der Waals surface area contributed by atoms with Crippen molar-refractivity contribution in [2.45, 2.75) is 45.2 Å². The fraction of sp³-hybridized carbons (Fsp3) is 0.632. The summed E-state index contributed by atoms with van der Waals surface area (Å²) >= 11 is 0. The highest BCUT2D eigenvalue weighted by Gasteiger charge is 2.39. The molecule has 1 aromatic rings. The van der Waals surface area contributed by atoms with Gasteiger partial charge in [0.25, 0.3) is 0 Å². The molecule has 0 spiro atoms. The predicted molar refractivity (Wildman–Crippen MR) is 88.4 cm³/mol. The van der Waals surface area contributed by atoms with E-state index in [-0.39, 0.29) is 5.91 Å². The molecule has 3 nitrogen and oxygen atoms in total. The van der Waals surface area contributed by atoms with Gasteiger partial charge in [-0.05, 0) is 42.6 Å². The number of carbonyl (C=O) groups excluding carboxylic acids is 1. The molecule has 2 aliphatic rings.